The Morgan fingerprint density at radius 1 is 1.07 bits per heavy atom. The van der Waals surface area contributed by atoms with Crippen LogP contribution in [0.2, 0.25) is 0 Å². The van der Waals surface area contributed by atoms with Crippen LogP contribution in [-0.4, -0.2) is 11.7 Å². The van der Waals surface area contributed by atoms with Crippen LogP contribution in [0.25, 0.3) is 6.08 Å². The van der Waals surface area contributed by atoms with Crippen molar-refractivity contribution in [3.63, 3.8) is 0 Å². The molecule has 0 radical (unpaired) electrons. The topological polar surface area (TPSA) is 20.2 Å². The van der Waals surface area contributed by atoms with Crippen LogP contribution >= 0.6 is 0 Å². The Morgan fingerprint density at radius 3 is 2.36 bits per heavy atom. The van der Waals surface area contributed by atoms with Crippen molar-refractivity contribution in [2.75, 3.05) is 6.61 Å². The van der Waals surface area contributed by atoms with Gasteiger partial charge in [-0.05, 0) is 80.8 Å². The molecule has 1 nitrogen and oxygen atoms in total. The summed E-state index contributed by atoms with van der Waals surface area (Å²) in [6.07, 6.45) is 18.7. The standard InChI is InChI=1S/C27H42O/c1-4-5-6-7-8-9-23-10-12-24(13-11-23)14-15-25-16-18-26(19-17-25)27(21-28)20-22(2)3/h10-15,25-28H,2,4-9,16-21H2,1,3H3/b15-14+. The first-order chi connectivity index (χ1) is 13.6. The summed E-state index contributed by atoms with van der Waals surface area (Å²) in [6.45, 7) is 8.69. The van der Waals surface area contributed by atoms with E-state index >= 15 is 0 Å². The molecule has 1 heteroatoms. The smallest absolute Gasteiger partial charge is 0.0464 e. The number of benzene rings is 1. The molecule has 1 unspecified atom stereocenters. The van der Waals surface area contributed by atoms with Crippen molar-refractivity contribution in [2.45, 2.75) is 84.5 Å². The van der Waals surface area contributed by atoms with Crippen molar-refractivity contribution in [2.24, 2.45) is 17.8 Å². The third-order valence-corrected chi connectivity index (χ3v) is 6.44. The van der Waals surface area contributed by atoms with Gasteiger partial charge in [0.05, 0.1) is 0 Å². The van der Waals surface area contributed by atoms with Crippen molar-refractivity contribution in [1.29, 1.82) is 0 Å². The molecule has 2 rings (SSSR count). The van der Waals surface area contributed by atoms with Gasteiger partial charge in [0.2, 0.25) is 0 Å². The molecular formula is C27H42O. The van der Waals surface area contributed by atoms with E-state index in [1.54, 1.807) is 0 Å². The van der Waals surface area contributed by atoms with Crippen LogP contribution in [0.1, 0.15) is 89.2 Å². The Morgan fingerprint density at radius 2 is 1.75 bits per heavy atom. The molecule has 1 aromatic carbocycles. The fraction of sp³-hybridized carbons (Fsp3) is 0.630. The molecule has 28 heavy (non-hydrogen) atoms. The van der Waals surface area contributed by atoms with Gasteiger partial charge >= 0.3 is 0 Å². The van der Waals surface area contributed by atoms with E-state index in [0.717, 1.165) is 6.42 Å². The monoisotopic (exact) mass is 382 g/mol. The van der Waals surface area contributed by atoms with Crippen LogP contribution in [0.5, 0.6) is 0 Å². The van der Waals surface area contributed by atoms with E-state index < -0.39 is 0 Å². The molecule has 1 saturated carbocycles. The van der Waals surface area contributed by atoms with Crippen molar-refractivity contribution in [3.8, 4) is 0 Å². The molecule has 1 aliphatic carbocycles. The van der Waals surface area contributed by atoms with Gasteiger partial charge in [0.25, 0.3) is 0 Å². The summed E-state index contributed by atoms with van der Waals surface area (Å²) in [4.78, 5) is 0. The zero-order valence-electron chi connectivity index (χ0n) is 18.3. The fourth-order valence-corrected chi connectivity index (χ4v) is 4.61. The maximum atomic E-state index is 9.70. The molecule has 0 saturated heterocycles. The lowest BCUT2D eigenvalue weighted by Crippen LogP contribution is -2.24. The number of hydrogen-bond donors (Lipinski definition) is 1. The van der Waals surface area contributed by atoms with Crippen LogP contribution in [-0.2, 0) is 6.42 Å². The second-order valence-corrected chi connectivity index (χ2v) is 9.04. The van der Waals surface area contributed by atoms with Crippen LogP contribution in [0.3, 0.4) is 0 Å². The third kappa shape index (κ3) is 8.35. The van der Waals surface area contributed by atoms with E-state index in [0.29, 0.717) is 24.4 Å². The summed E-state index contributed by atoms with van der Waals surface area (Å²) in [5.41, 5.74) is 4.00. The van der Waals surface area contributed by atoms with Crippen molar-refractivity contribution in [3.05, 3.63) is 53.6 Å². The maximum Gasteiger partial charge on any atom is 0.0464 e. The van der Waals surface area contributed by atoms with Gasteiger partial charge in [-0.15, -0.1) is 6.58 Å². The molecule has 0 bridgehead atoms. The normalized spacial score (nSPS) is 21.1. The van der Waals surface area contributed by atoms with E-state index in [1.807, 2.05) is 0 Å². The Kier molecular flexibility index (Phi) is 10.6. The third-order valence-electron chi connectivity index (χ3n) is 6.44. The lowest BCUT2D eigenvalue weighted by Gasteiger charge is -2.32. The highest BCUT2D eigenvalue weighted by Crippen LogP contribution is 2.36. The number of allylic oxidation sites excluding steroid dienone is 2. The molecule has 1 atom stereocenters. The van der Waals surface area contributed by atoms with Gasteiger partial charge in [-0.25, -0.2) is 0 Å². The second-order valence-electron chi connectivity index (χ2n) is 9.04. The molecule has 0 spiro atoms. The van der Waals surface area contributed by atoms with Crippen molar-refractivity contribution < 1.29 is 5.11 Å². The van der Waals surface area contributed by atoms with Gasteiger partial charge in [0.1, 0.15) is 0 Å². The first-order valence-corrected chi connectivity index (χ1v) is 11.6. The highest BCUT2D eigenvalue weighted by Gasteiger charge is 2.26. The molecule has 156 valence electrons. The summed E-state index contributed by atoms with van der Waals surface area (Å²) in [5.74, 6) is 1.78. The van der Waals surface area contributed by atoms with Crippen molar-refractivity contribution in [1.82, 2.24) is 0 Å². The Labute approximate surface area is 174 Å². The first kappa shape index (κ1) is 22.9. The summed E-state index contributed by atoms with van der Waals surface area (Å²) in [5, 5.41) is 9.70. The molecule has 1 aliphatic rings. The Bertz CT molecular complexity index is 575. The van der Waals surface area contributed by atoms with Gasteiger partial charge in [-0.1, -0.05) is 74.6 Å². The average Bonchev–Trinajstić information content (AvgIpc) is 2.71. The minimum absolute atomic E-state index is 0.309. The van der Waals surface area contributed by atoms with Crippen LogP contribution in [0.15, 0.2) is 42.5 Å². The summed E-state index contributed by atoms with van der Waals surface area (Å²) in [6, 6.07) is 9.16. The predicted octanol–water partition coefficient (Wildman–Crippen LogP) is 7.59. The van der Waals surface area contributed by atoms with E-state index in [1.165, 1.54) is 80.9 Å². The van der Waals surface area contributed by atoms with Crippen molar-refractivity contribution >= 4 is 6.08 Å². The van der Waals surface area contributed by atoms with Gasteiger partial charge in [-0.3, -0.25) is 0 Å². The zero-order valence-corrected chi connectivity index (χ0v) is 18.3. The quantitative estimate of drug-likeness (QED) is 0.291. The van der Waals surface area contributed by atoms with E-state index in [2.05, 4.69) is 56.8 Å². The maximum absolute atomic E-state index is 9.70. The fourth-order valence-electron chi connectivity index (χ4n) is 4.61. The lowest BCUT2D eigenvalue weighted by atomic mass is 9.74. The molecule has 0 aromatic heterocycles. The van der Waals surface area contributed by atoms with E-state index in [9.17, 15) is 5.11 Å². The second kappa shape index (κ2) is 13.0. The molecule has 1 N–H and O–H groups in total. The number of aryl methyl sites for hydroxylation is 1. The summed E-state index contributed by atoms with van der Waals surface area (Å²) >= 11 is 0. The number of aliphatic hydroxyl groups is 1. The largest absolute Gasteiger partial charge is 0.396 e. The van der Waals surface area contributed by atoms with Gasteiger partial charge in [0, 0.05) is 6.61 Å². The summed E-state index contributed by atoms with van der Waals surface area (Å²) in [7, 11) is 0. The molecule has 0 heterocycles. The molecular weight excluding hydrogens is 340 g/mol. The molecule has 1 aromatic rings. The minimum Gasteiger partial charge on any atom is -0.396 e. The molecule has 0 aliphatic heterocycles. The molecule has 0 amide bonds. The number of unbranched alkanes of at least 4 members (excludes halogenated alkanes) is 4. The Balaban J connectivity index is 1.73. The lowest BCUT2D eigenvalue weighted by molar-refractivity contribution is 0.138. The van der Waals surface area contributed by atoms with Gasteiger partial charge in [-0.2, -0.15) is 0 Å². The average molecular weight is 383 g/mol. The van der Waals surface area contributed by atoms with Gasteiger partial charge < -0.3 is 5.11 Å². The van der Waals surface area contributed by atoms with Crippen LogP contribution in [0.4, 0.5) is 0 Å². The predicted molar refractivity (Wildman–Crippen MR) is 123 cm³/mol. The molecule has 1 fully saturated rings. The first-order valence-electron chi connectivity index (χ1n) is 11.6. The highest BCUT2D eigenvalue weighted by molar-refractivity contribution is 5.50. The zero-order chi connectivity index (χ0) is 20.2. The number of rotatable bonds is 12. The van der Waals surface area contributed by atoms with E-state index in [-0.39, 0.29) is 0 Å². The summed E-state index contributed by atoms with van der Waals surface area (Å²) < 4.78 is 0. The van der Waals surface area contributed by atoms with E-state index in [4.69, 9.17) is 0 Å². The van der Waals surface area contributed by atoms with Crippen LogP contribution in [0, 0.1) is 17.8 Å². The Hall–Kier alpha value is -1.34. The SMILES string of the molecule is C=C(C)CC(CO)C1CCC(/C=C/c2ccc(CCCCCCC)cc2)CC1. The number of hydrogen-bond acceptors (Lipinski definition) is 1. The minimum atomic E-state index is 0.309. The number of aliphatic hydroxyl groups excluding tert-OH is 1. The highest BCUT2D eigenvalue weighted by atomic mass is 16.3. The van der Waals surface area contributed by atoms with Gasteiger partial charge in [0.15, 0.2) is 0 Å². The van der Waals surface area contributed by atoms with Crippen LogP contribution < -0.4 is 0 Å².